The molecule has 1 aromatic carbocycles. The quantitative estimate of drug-likeness (QED) is 0.783. The minimum Gasteiger partial charge on any atom is -0.273 e. The first-order chi connectivity index (χ1) is 11.9. The number of hydrogen-bond donors (Lipinski definition) is 2. The third-order valence-corrected chi connectivity index (χ3v) is 6.90. The summed E-state index contributed by atoms with van der Waals surface area (Å²) in [5, 5.41) is 0.719. The Morgan fingerprint density at radius 1 is 1.20 bits per heavy atom. The Labute approximate surface area is 149 Å². The predicted molar refractivity (Wildman–Crippen MR) is 94.7 cm³/mol. The third kappa shape index (κ3) is 4.05. The van der Waals surface area contributed by atoms with Crippen molar-refractivity contribution in [3.05, 3.63) is 40.9 Å². The molecule has 1 fully saturated rings. The molecule has 9 heteroatoms. The summed E-state index contributed by atoms with van der Waals surface area (Å²) < 4.78 is 22.8. The Morgan fingerprint density at radius 3 is 2.56 bits per heavy atom. The van der Waals surface area contributed by atoms with Gasteiger partial charge in [0.1, 0.15) is 9.88 Å². The molecule has 0 aliphatic carbocycles. The standard InChI is InChI=1S/C16H17N3O4S2/c1-10-13(24-16(17-10)11-5-3-2-4-6-11)15(21)19-18-14(20)12-7-8-25(22,23)9-12/h2-6,12H,7-9H2,1H3,(H,18,20)(H,19,21)/t12-/m0/s1. The zero-order chi connectivity index (χ0) is 18.0. The van der Waals surface area contributed by atoms with Crippen molar-refractivity contribution in [3.63, 3.8) is 0 Å². The number of amides is 2. The molecule has 3 rings (SSSR count). The predicted octanol–water partition coefficient (Wildman–Crippen LogP) is 1.31. The molecule has 25 heavy (non-hydrogen) atoms. The van der Waals surface area contributed by atoms with E-state index in [1.54, 1.807) is 6.92 Å². The average Bonchev–Trinajstić information content (AvgIpc) is 3.15. The molecule has 7 nitrogen and oxygen atoms in total. The van der Waals surface area contributed by atoms with E-state index in [0.29, 0.717) is 10.6 Å². The summed E-state index contributed by atoms with van der Waals surface area (Å²) in [5.41, 5.74) is 6.14. The lowest BCUT2D eigenvalue weighted by Crippen LogP contribution is -2.44. The molecule has 2 amide bonds. The molecule has 0 unspecified atom stereocenters. The van der Waals surface area contributed by atoms with Crippen LogP contribution in [0.5, 0.6) is 0 Å². The molecule has 1 atom stereocenters. The van der Waals surface area contributed by atoms with Crippen molar-refractivity contribution in [3.8, 4) is 10.6 Å². The summed E-state index contributed by atoms with van der Waals surface area (Å²) in [6, 6.07) is 9.49. The number of sulfone groups is 1. The van der Waals surface area contributed by atoms with Crippen LogP contribution in [-0.4, -0.2) is 36.7 Å². The Morgan fingerprint density at radius 2 is 1.92 bits per heavy atom. The van der Waals surface area contributed by atoms with E-state index in [0.717, 1.165) is 10.6 Å². The molecule has 2 heterocycles. The minimum atomic E-state index is -3.15. The van der Waals surface area contributed by atoms with E-state index in [4.69, 9.17) is 0 Å². The highest BCUT2D eigenvalue weighted by atomic mass is 32.2. The first kappa shape index (κ1) is 17.6. The molecular weight excluding hydrogens is 362 g/mol. The van der Waals surface area contributed by atoms with Gasteiger partial charge in [0, 0.05) is 5.56 Å². The van der Waals surface area contributed by atoms with E-state index < -0.39 is 27.6 Å². The number of benzene rings is 1. The molecule has 0 radical (unpaired) electrons. The maximum absolute atomic E-state index is 12.3. The number of thiazole rings is 1. The zero-order valence-electron chi connectivity index (χ0n) is 13.5. The van der Waals surface area contributed by atoms with E-state index >= 15 is 0 Å². The van der Waals surface area contributed by atoms with Crippen molar-refractivity contribution in [1.29, 1.82) is 0 Å². The minimum absolute atomic E-state index is 0.00736. The summed E-state index contributed by atoms with van der Waals surface area (Å²) in [6.07, 6.45) is 0.280. The van der Waals surface area contributed by atoms with Crippen molar-refractivity contribution in [1.82, 2.24) is 15.8 Å². The van der Waals surface area contributed by atoms with E-state index in [9.17, 15) is 18.0 Å². The van der Waals surface area contributed by atoms with Crippen LogP contribution in [0.15, 0.2) is 30.3 Å². The van der Waals surface area contributed by atoms with Gasteiger partial charge in [-0.15, -0.1) is 11.3 Å². The van der Waals surface area contributed by atoms with Crippen LogP contribution in [0.4, 0.5) is 0 Å². The summed E-state index contributed by atoms with van der Waals surface area (Å²) in [4.78, 5) is 29.1. The number of hydrazine groups is 1. The molecule has 1 aliphatic heterocycles. The topological polar surface area (TPSA) is 105 Å². The molecule has 0 saturated carbocycles. The second kappa shape index (κ2) is 6.93. The smallest absolute Gasteiger partial charge is 0.273 e. The monoisotopic (exact) mass is 379 g/mol. The van der Waals surface area contributed by atoms with Gasteiger partial charge >= 0.3 is 0 Å². The largest absolute Gasteiger partial charge is 0.281 e. The fraction of sp³-hybridized carbons (Fsp3) is 0.312. The van der Waals surface area contributed by atoms with Gasteiger partial charge in [-0.05, 0) is 13.3 Å². The summed E-state index contributed by atoms with van der Waals surface area (Å²) >= 11 is 1.23. The lowest BCUT2D eigenvalue weighted by Gasteiger charge is -2.10. The molecule has 0 spiro atoms. The number of rotatable bonds is 3. The average molecular weight is 379 g/mol. The fourth-order valence-electron chi connectivity index (χ4n) is 2.59. The van der Waals surface area contributed by atoms with E-state index in [2.05, 4.69) is 15.8 Å². The van der Waals surface area contributed by atoms with Gasteiger partial charge in [0.2, 0.25) is 5.91 Å². The highest BCUT2D eigenvalue weighted by Gasteiger charge is 2.33. The Bertz CT molecular complexity index is 907. The van der Waals surface area contributed by atoms with Gasteiger partial charge in [0.25, 0.3) is 5.91 Å². The molecule has 132 valence electrons. The number of aryl methyl sites for hydroxylation is 1. The lowest BCUT2D eigenvalue weighted by atomic mass is 10.1. The van der Waals surface area contributed by atoms with E-state index in [1.165, 1.54) is 11.3 Å². The molecule has 1 aromatic heterocycles. The van der Waals surface area contributed by atoms with Crippen LogP contribution in [0.1, 0.15) is 21.8 Å². The first-order valence-corrected chi connectivity index (χ1v) is 10.3. The van der Waals surface area contributed by atoms with Crippen LogP contribution < -0.4 is 10.9 Å². The number of aromatic nitrogens is 1. The third-order valence-electron chi connectivity index (χ3n) is 3.93. The van der Waals surface area contributed by atoms with Gasteiger partial charge < -0.3 is 0 Å². The Kier molecular flexibility index (Phi) is 4.87. The maximum atomic E-state index is 12.3. The Hall–Kier alpha value is -2.26. The molecule has 1 saturated heterocycles. The van der Waals surface area contributed by atoms with E-state index in [-0.39, 0.29) is 17.9 Å². The zero-order valence-corrected chi connectivity index (χ0v) is 15.1. The number of nitrogens with one attached hydrogen (secondary N) is 2. The number of hydrogen-bond acceptors (Lipinski definition) is 6. The highest BCUT2D eigenvalue weighted by Crippen LogP contribution is 2.27. The summed E-state index contributed by atoms with van der Waals surface area (Å²) in [5.74, 6) is -1.74. The van der Waals surface area contributed by atoms with Crippen LogP contribution in [0.25, 0.3) is 10.6 Å². The van der Waals surface area contributed by atoms with Crippen molar-refractivity contribution in [2.45, 2.75) is 13.3 Å². The van der Waals surface area contributed by atoms with Crippen LogP contribution in [0.3, 0.4) is 0 Å². The highest BCUT2D eigenvalue weighted by molar-refractivity contribution is 7.91. The Balaban J connectivity index is 1.64. The van der Waals surface area contributed by atoms with Crippen molar-refractivity contribution in [2.24, 2.45) is 5.92 Å². The van der Waals surface area contributed by atoms with Gasteiger partial charge in [-0.25, -0.2) is 13.4 Å². The van der Waals surface area contributed by atoms with Gasteiger partial charge in [-0.3, -0.25) is 20.4 Å². The van der Waals surface area contributed by atoms with Crippen LogP contribution in [0, 0.1) is 12.8 Å². The molecular formula is C16H17N3O4S2. The molecule has 2 N–H and O–H groups in total. The van der Waals surface area contributed by atoms with Gasteiger partial charge in [0.15, 0.2) is 9.84 Å². The lowest BCUT2D eigenvalue weighted by molar-refractivity contribution is -0.125. The molecule has 1 aliphatic rings. The maximum Gasteiger partial charge on any atom is 0.281 e. The van der Waals surface area contributed by atoms with Crippen molar-refractivity contribution in [2.75, 3.05) is 11.5 Å². The number of nitrogens with zero attached hydrogens (tertiary/aromatic N) is 1. The second-order valence-electron chi connectivity index (χ2n) is 5.84. The van der Waals surface area contributed by atoms with Gasteiger partial charge in [-0.1, -0.05) is 30.3 Å². The van der Waals surface area contributed by atoms with E-state index in [1.807, 2.05) is 30.3 Å². The van der Waals surface area contributed by atoms with Crippen molar-refractivity contribution < 1.29 is 18.0 Å². The van der Waals surface area contributed by atoms with Crippen LogP contribution >= 0.6 is 11.3 Å². The number of carbonyl (C=O) groups is 2. The first-order valence-electron chi connectivity index (χ1n) is 7.69. The summed E-state index contributed by atoms with van der Waals surface area (Å²) in [7, 11) is -3.15. The van der Waals surface area contributed by atoms with Crippen LogP contribution in [0.2, 0.25) is 0 Å². The van der Waals surface area contributed by atoms with Crippen molar-refractivity contribution >= 4 is 33.0 Å². The SMILES string of the molecule is Cc1nc(-c2ccccc2)sc1C(=O)NNC(=O)[C@H]1CCS(=O)(=O)C1. The molecule has 0 bridgehead atoms. The molecule has 2 aromatic rings. The fourth-order valence-corrected chi connectivity index (χ4v) is 5.30. The van der Waals surface area contributed by atoms with Gasteiger partial charge in [0.05, 0.1) is 23.1 Å². The second-order valence-corrected chi connectivity index (χ2v) is 9.07. The number of carbonyl (C=O) groups excluding carboxylic acids is 2. The van der Waals surface area contributed by atoms with Gasteiger partial charge in [-0.2, -0.15) is 0 Å². The normalized spacial score (nSPS) is 18.7. The summed E-state index contributed by atoms with van der Waals surface area (Å²) in [6.45, 7) is 1.73. The van der Waals surface area contributed by atoms with Crippen LogP contribution in [-0.2, 0) is 14.6 Å².